The van der Waals surface area contributed by atoms with Crippen molar-refractivity contribution in [2.24, 2.45) is 0 Å². The number of carbonyl (C=O) groups is 1. The van der Waals surface area contributed by atoms with E-state index in [1.807, 2.05) is 49.4 Å². The molecule has 2 aromatic rings. The van der Waals surface area contributed by atoms with Gasteiger partial charge in [0.2, 0.25) is 5.91 Å². The number of nitrogens with one attached hydrogen (secondary N) is 1. The number of furan rings is 1. The van der Waals surface area contributed by atoms with E-state index in [4.69, 9.17) is 4.42 Å². The van der Waals surface area contributed by atoms with Crippen LogP contribution in [0.2, 0.25) is 0 Å². The third kappa shape index (κ3) is 3.00. The molecule has 1 atom stereocenters. The predicted molar refractivity (Wildman–Crippen MR) is 70.0 cm³/mol. The molecule has 1 amide bonds. The summed E-state index contributed by atoms with van der Waals surface area (Å²) in [6, 6.07) is 13.5. The summed E-state index contributed by atoms with van der Waals surface area (Å²) in [7, 11) is 0. The van der Waals surface area contributed by atoms with Gasteiger partial charge >= 0.3 is 0 Å². The first-order valence-corrected chi connectivity index (χ1v) is 6.16. The molecule has 0 aliphatic rings. The van der Waals surface area contributed by atoms with Gasteiger partial charge in [0.25, 0.3) is 0 Å². The average molecular weight is 243 g/mol. The molecule has 0 saturated carbocycles. The Kier molecular flexibility index (Phi) is 4.18. The number of hydrogen-bond donors (Lipinski definition) is 1. The molecule has 3 nitrogen and oxygen atoms in total. The minimum Gasteiger partial charge on any atom is -0.467 e. The van der Waals surface area contributed by atoms with Gasteiger partial charge in [-0.25, -0.2) is 0 Å². The largest absolute Gasteiger partial charge is 0.467 e. The fourth-order valence-corrected chi connectivity index (χ4v) is 1.97. The van der Waals surface area contributed by atoms with Gasteiger partial charge in [0.15, 0.2) is 0 Å². The van der Waals surface area contributed by atoms with Crippen LogP contribution >= 0.6 is 0 Å². The number of carbonyl (C=O) groups excluding carboxylic acids is 1. The predicted octanol–water partition coefficient (Wildman–Crippen LogP) is 3.09. The standard InChI is InChI=1S/C15H17NO2/c1-2-14(12-7-4-3-5-8-12)15(17)16-11-13-9-6-10-18-13/h3-10,14H,2,11H2,1H3,(H,16,17)/t14-/m1/s1. The van der Waals surface area contributed by atoms with Crippen LogP contribution in [0.1, 0.15) is 30.6 Å². The molecule has 3 heteroatoms. The van der Waals surface area contributed by atoms with Crippen molar-refractivity contribution in [3.63, 3.8) is 0 Å². The van der Waals surface area contributed by atoms with Gasteiger partial charge < -0.3 is 9.73 Å². The van der Waals surface area contributed by atoms with Gasteiger partial charge in [0.05, 0.1) is 18.7 Å². The summed E-state index contributed by atoms with van der Waals surface area (Å²) in [5.74, 6) is 0.715. The van der Waals surface area contributed by atoms with Crippen molar-refractivity contribution in [2.75, 3.05) is 0 Å². The lowest BCUT2D eigenvalue weighted by molar-refractivity contribution is -0.122. The highest BCUT2D eigenvalue weighted by Crippen LogP contribution is 2.19. The fraction of sp³-hybridized carbons (Fsp3) is 0.267. The zero-order valence-corrected chi connectivity index (χ0v) is 10.4. The summed E-state index contributed by atoms with van der Waals surface area (Å²) in [5.41, 5.74) is 1.05. The van der Waals surface area contributed by atoms with Crippen molar-refractivity contribution < 1.29 is 9.21 Å². The van der Waals surface area contributed by atoms with Crippen LogP contribution in [-0.4, -0.2) is 5.91 Å². The minimum atomic E-state index is -0.0961. The molecule has 18 heavy (non-hydrogen) atoms. The maximum absolute atomic E-state index is 12.1. The van der Waals surface area contributed by atoms with E-state index in [9.17, 15) is 4.79 Å². The van der Waals surface area contributed by atoms with Gasteiger partial charge in [0, 0.05) is 0 Å². The summed E-state index contributed by atoms with van der Waals surface area (Å²) < 4.78 is 5.19. The van der Waals surface area contributed by atoms with Crippen molar-refractivity contribution in [1.82, 2.24) is 5.32 Å². The second-order valence-electron chi connectivity index (χ2n) is 4.17. The van der Waals surface area contributed by atoms with Crippen LogP contribution in [0.3, 0.4) is 0 Å². The first-order valence-electron chi connectivity index (χ1n) is 6.16. The molecule has 0 spiro atoms. The van der Waals surface area contributed by atoms with Crippen LogP contribution < -0.4 is 5.32 Å². The molecule has 0 fully saturated rings. The highest BCUT2D eigenvalue weighted by atomic mass is 16.3. The molecular weight excluding hydrogens is 226 g/mol. The highest BCUT2D eigenvalue weighted by Gasteiger charge is 2.17. The third-order valence-corrected chi connectivity index (χ3v) is 2.94. The summed E-state index contributed by atoms with van der Waals surface area (Å²) in [4.78, 5) is 12.1. The quantitative estimate of drug-likeness (QED) is 0.876. The van der Waals surface area contributed by atoms with Crippen LogP contribution in [0, 0.1) is 0 Å². The second kappa shape index (κ2) is 6.05. The van der Waals surface area contributed by atoms with Gasteiger partial charge in [-0.1, -0.05) is 37.3 Å². The smallest absolute Gasteiger partial charge is 0.227 e. The van der Waals surface area contributed by atoms with Crippen molar-refractivity contribution >= 4 is 5.91 Å². The van der Waals surface area contributed by atoms with Crippen LogP contribution in [0.15, 0.2) is 53.1 Å². The van der Waals surface area contributed by atoms with Crippen LogP contribution in [-0.2, 0) is 11.3 Å². The molecular formula is C15H17NO2. The number of rotatable bonds is 5. The van der Waals surface area contributed by atoms with Gasteiger partial charge in [-0.3, -0.25) is 4.79 Å². The zero-order valence-electron chi connectivity index (χ0n) is 10.4. The van der Waals surface area contributed by atoms with E-state index >= 15 is 0 Å². The van der Waals surface area contributed by atoms with Gasteiger partial charge in [-0.05, 0) is 24.1 Å². The Bertz CT molecular complexity index is 476. The Morgan fingerprint density at radius 3 is 2.61 bits per heavy atom. The summed E-state index contributed by atoms with van der Waals surface area (Å²) in [6.07, 6.45) is 2.39. The molecule has 0 aliphatic heterocycles. The van der Waals surface area contributed by atoms with E-state index in [0.717, 1.165) is 17.7 Å². The Morgan fingerprint density at radius 1 is 1.22 bits per heavy atom. The van der Waals surface area contributed by atoms with E-state index in [2.05, 4.69) is 5.32 Å². The maximum Gasteiger partial charge on any atom is 0.227 e. The van der Waals surface area contributed by atoms with Gasteiger partial charge in [-0.15, -0.1) is 0 Å². The van der Waals surface area contributed by atoms with E-state index in [1.165, 1.54) is 0 Å². The molecule has 2 rings (SSSR count). The molecule has 94 valence electrons. The molecule has 1 N–H and O–H groups in total. The van der Waals surface area contributed by atoms with Crippen LogP contribution in [0.4, 0.5) is 0 Å². The fourth-order valence-electron chi connectivity index (χ4n) is 1.97. The Hall–Kier alpha value is -2.03. The van der Waals surface area contributed by atoms with E-state index in [1.54, 1.807) is 6.26 Å². The Labute approximate surface area is 107 Å². The summed E-state index contributed by atoms with van der Waals surface area (Å²) in [6.45, 7) is 2.46. The number of hydrogen-bond acceptors (Lipinski definition) is 2. The maximum atomic E-state index is 12.1. The first kappa shape index (κ1) is 12.4. The van der Waals surface area contributed by atoms with Crippen LogP contribution in [0.25, 0.3) is 0 Å². The highest BCUT2D eigenvalue weighted by molar-refractivity contribution is 5.83. The molecule has 1 aromatic heterocycles. The zero-order chi connectivity index (χ0) is 12.8. The molecule has 0 radical (unpaired) electrons. The summed E-state index contributed by atoms with van der Waals surface area (Å²) >= 11 is 0. The van der Waals surface area contributed by atoms with Crippen molar-refractivity contribution in [1.29, 1.82) is 0 Å². The average Bonchev–Trinajstić information content (AvgIpc) is 2.92. The molecule has 0 unspecified atom stereocenters. The number of benzene rings is 1. The van der Waals surface area contributed by atoms with Crippen molar-refractivity contribution in [2.45, 2.75) is 25.8 Å². The Morgan fingerprint density at radius 2 is 2.00 bits per heavy atom. The van der Waals surface area contributed by atoms with Crippen molar-refractivity contribution in [3.8, 4) is 0 Å². The lowest BCUT2D eigenvalue weighted by Gasteiger charge is -2.14. The first-order chi connectivity index (χ1) is 8.81. The minimum absolute atomic E-state index is 0.0418. The second-order valence-corrected chi connectivity index (χ2v) is 4.17. The molecule has 0 saturated heterocycles. The SMILES string of the molecule is CC[C@@H](C(=O)NCc1ccco1)c1ccccc1. The third-order valence-electron chi connectivity index (χ3n) is 2.94. The molecule has 1 aromatic carbocycles. The number of amides is 1. The normalized spacial score (nSPS) is 12.1. The lowest BCUT2D eigenvalue weighted by atomic mass is 9.96. The Balaban J connectivity index is 1.98. The molecule has 1 heterocycles. The molecule has 0 bridgehead atoms. The summed E-state index contributed by atoms with van der Waals surface area (Å²) in [5, 5.41) is 2.90. The van der Waals surface area contributed by atoms with Crippen molar-refractivity contribution in [3.05, 3.63) is 60.1 Å². The monoisotopic (exact) mass is 243 g/mol. The van der Waals surface area contributed by atoms with E-state index < -0.39 is 0 Å². The van der Waals surface area contributed by atoms with E-state index in [-0.39, 0.29) is 11.8 Å². The van der Waals surface area contributed by atoms with Gasteiger partial charge in [-0.2, -0.15) is 0 Å². The lowest BCUT2D eigenvalue weighted by Crippen LogP contribution is -2.28. The van der Waals surface area contributed by atoms with E-state index in [0.29, 0.717) is 6.54 Å². The topological polar surface area (TPSA) is 42.2 Å². The molecule has 0 aliphatic carbocycles. The van der Waals surface area contributed by atoms with Gasteiger partial charge in [0.1, 0.15) is 5.76 Å². The van der Waals surface area contributed by atoms with Crippen LogP contribution in [0.5, 0.6) is 0 Å².